The molecular weight excluding hydrogens is 332 g/mol. The van der Waals surface area contributed by atoms with Crippen LogP contribution in [0.15, 0.2) is 42.5 Å². The number of hydrogen-bond donors (Lipinski definition) is 1. The summed E-state index contributed by atoms with van der Waals surface area (Å²) in [6.45, 7) is 9.10. The van der Waals surface area contributed by atoms with Gasteiger partial charge in [0.15, 0.2) is 11.4 Å². The van der Waals surface area contributed by atoms with E-state index in [0.29, 0.717) is 0 Å². The topological polar surface area (TPSA) is 81.5 Å². The van der Waals surface area contributed by atoms with Gasteiger partial charge in [0.2, 0.25) is 0 Å². The summed E-state index contributed by atoms with van der Waals surface area (Å²) in [5, 5.41) is 14.1. The van der Waals surface area contributed by atoms with Gasteiger partial charge in [-0.15, -0.1) is 0 Å². The maximum atomic E-state index is 12.7. The van der Waals surface area contributed by atoms with Crippen LogP contribution in [0.1, 0.15) is 43.5 Å². The number of nitro benzene ring substituents is 1. The Balaban J connectivity index is 2.16. The highest BCUT2D eigenvalue weighted by Crippen LogP contribution is 2.30. The molecule has 0 spiro atoms. The molecule has 1 N–H and O–H groups in total. The fourth-order valence-electron chi connectivity index (χ4n) is 2.78. The van der Waals surface area contributed by atoms with Crippen LogP contribution in [0.4, 0.5) is 5.69 Å². The van der Waals surface area contributed by atoms with E-state index in [9.17, 15) is 14.9 Å². The molecule has 2 aromatic rings. The monoisotopic (exact) mass is 356 g/mol. The molecule has 6 nitrogen and oxygen atoms in total. The number of carbonyl (C=O) groups excluding carboxylic acids is 1. The van der Waals surface area contributed by atoms with Crippen molar-refractivity contribution < 1.29 is 14.5 Å². The average molecular weight is 356 g/mol. The minimum Gasteiger partial charge on any atom is -0.471 e. The number of para-hydroxylation sites is 2. The van der Waals surface area contributed by atoms with Crippen molar-refractivity contribution >= 4 is 11.6 Å². The summed E-state index contributed by atoms with van der Waals surface area (Å²) < 4.78 is 5.69. The maximum absolute atomic E-state index is 12.7. The third kappa shape index (κ3) is 4.39. The predicted molar refractivity (Wildman–Crippen MR) is 100 cm³/mol. The molecule has 0 bridgehead atoms. The molecule has 1 atom stereocenters. The Bertz CT molecular complexity index is 830. The van der Waals surface area contributed by atoms with Gasteiger partial charge in [0.05, 0.1) is 11.0 Å². The van der Waals surface area contributed by atoms with Crippen LogP contribution in [-0.4, -0.2) is 16.4 Å². The highest BCUT2D eigenvalue weighted by atomic mass is 16.6. The fourth-order valence-corrected chi connectivity index (χ4v) is 2.78. The Labute approximate surface area is 153 Å². The van der Waals surface area contributed by atoms with Crippen molar-refractivity contribution in [2.45, 2.75) is 46.3 Å². The number of hydrogen-bond acceptors (Lipinski definition) is 4. The molecule has 2 rings (SSSR count). The zero-order valence-corrected chi connectivity index (χ0v) is 15.7. The summed E-state index contributed by atoms with van der Waals surface area (Å²) in [7, 11) is 0. The quantitative estimate of drug-likeness (QED) is 0.620. The van der Waals surface area contributed by atoms with Gasteiger partial charge in [-0.3, -0.25) is 14.9 Å². The Kier molecular flexibility index (Phi) is 5.65. The van der Waals surface area contributed by atoms with Gasteiger partial charge in [0.25, 0.3) is 5.91 Å². The van der Waals surface area contributed by atoms with E-state index in [0.717, 1.165) is 16.7 Å². The zero-order valence-electron chi connectivity index (χ0n) is 15.7. The molecule has 0 heterocycles. The van der Waals surface area contributed by atoms with E-state index >= 15 is 0 Å². The van der Waals surface area contributed by atoms with Crippen LogP contribution in [0.5, 0.6) is 5.75 Å². The van der Waals surface area contributed by atoms with Crippen molar-refractivity contribution in [3.05, 3.63) is 69.3 Å². The summed E-state index contributed by atoms with van der Waals surface area (Å²) in [4.78, 5) is 23.3. The molecule has 6 heteroatoms. The first-order chi connectivity index (χ1) is 12.1. The second kappa shape index (κ2) is 7.56. The number of rotatable bonds is 6. The van der Waals surface area contributed by atoms with Crippen molar-refractivity contribution in [2.75, 3.05) is 0 Å². The van der Waals surface area contributed by atoms with Crippen LogP contribution in [-0.2, 0) is 4.79 Å². The van der Waals surface area contributed by atoms with Crippen LogP contribution >= 0.6 is 0 Å². The predicted octanol–water partition coefficient (Wildman–Crippen LogP) is 4.25. The normalized spacial score (nSPS) is 12.3. The van der Waals surface area contributed by atoms with Gasteiger partial charge >= 0.3 is 5.69 Å². The third-order valence-corrected chi connectivity index (χ3v) is 4.21. The van der Waals surface area contributed by atoms with E-state index in [2.05, 4.69) is 11.4 Å². The molecular formula is C20H24N2O4. The first kappa shape index (κ1) is 19.4. The Morgan fingerprint density at radius 1 is 1.19 bits per heavy atom. The number of nitrogens with zero attached hydrogens (tertiary/aromatic N) is 1. The van der Waals surface area contributed by atoms with E-state index in [1.807, 2.05) is 32.9 Å². The number of nitro groups is 1. The van der Waals surface area contributed by atoms with Crippen molar-refractivity contribution in [2.24, 2.45) is 0 Å². The lowest BCUT2D eigenvalue weighted by atomic mass is 9.99. The molecule has 26 heavy (non-hydrogen) atoms. The lowest BCUT2D eigenvalue weighted by Crippen LogP contribution is -2.47. The molecule has 0 saturated heterocycles. The largest absolute Gasteiger partial charge is 0.471 e. The van der Waals surface area contributed by atoms with E-state index in [4.69, 9.17) is 4.74 Å². The molecule has 1 amide bonds. The van der Waals surface area contributed by atoms with Gasteiger partial charge in [-0.05, 0) is 51.8 Å². The number of amides is 1. The van der Waals surface area contributed by atoms with E-state index in [-0.39, 0.29) is 23.4 Å². The Morgan fingerprint density at radius 2 is 1.85 bits per heavy atom. The molecule has 0 aromatic heterocycles. The smallest absolute Gasteiger partial charge is 0.310 e. The van der Waals surface area contributed by atoms with Crippen molar-refractivity contribution in [3.8, 4) is 5.75 Å². The SMILES string of the molecule is Cc1ccc([C@H](C)NC(=O)C(C)(C)Oc2ccccc2[N+](=O)[O-])c(C)c1. The Morgan fingerprint density at radius 3 is 2.46 bits per heavy atom. The summed E-state index contributed by atoms with van der Waals surface area (Å²) >= 11 is 0. The van der Waals surface area contributed by atoms with Crippen molar-refractivity contribution in [1.82, 2.24) is 5.32 Å². The summed E-state index contributed by atoms with van der Waals surface area (Å²) in [6, 6.07) is 11.9. The van der Waals surface area contributed by atoms with Crippen molar-refractivity contribution in [1.29, 1.82) is 0 Å². The molecule has 0 unspecified atom stereocenters. The lowest BCUT2D eigenvalue weighted by Gasteiger charge is -2.27. The number of carbonyl (C=O) groups is 1. The second-order valence-corrected chi connectivity index (χ2v) is 6.89. The molecule has 2 aromatic carbocycles. The van der Waals surface area contributed by atoms with Crippen LogP contribution in [0.3, 0.4) is 0 Å². The molecule has 0 aliphatic heterocycles. The van der Waals surface area contributed by atoms with Crippen LogP contribution < -0.4 is 10.1 Å². The van der Waals surface area contributed by atoms with Crippen LogP contribution in [0.25, 0.3) is 0 Å². The molecule has 0 fully saturated rings. The number of nitrogens with one attached hydrogen (secondary N) is 1. The molecule has 0 saturated carbocycles. The molecule has 0 aliphatic carbocycles. The van der Waals surface area contributed by atoms with Gasteiger partial charge in [0, 0.05) is 6.07 Å². The summed E-state index contributed by atoms with van der Waals surface area (Å²) in [5.41, 5.74) is 1.83. The van der Waals surface area contributed by atoms with Crippen LogP contribution in [0, 0.1) is 24.0 Å². The summed E-state index contributed by atoms with van der Waals surface area (Å²) in [6.07, 6.45) is 0. The standard InChI is InChI=1S/C20H24N2O4/c1-13-10-11-16(14(2)12-13)15(3)21-19(23)20(4,5)26-18-9-7-6-8-17(18)22(24)25/h6-12,15H,1-5H3,(H,21,23)/t15-/m0/s1. The highest BCUT2D eigenvalue weighted by Gasteiger charge is 2.33. The third-order valence-electron chi connectivity index (χ3n) is 4.21. The van der Waals surface area contributed by atoms with E-state index in [1.54, 1.807) is 26.0 Å². The minimum atomic E-state index is -1.26. The van der Waals surface area contributed by atoms with Crippen molar-refractivity contribution in [3.63, 3.8) is 0 Å². The average Bonchev–Trinajstić information content (AvgIpc) is 2.54. The van der Waals surface area contributed by atoms with Gasteiger partial charge < -0.3 is 10.1 Å². The number of benzene rings is 2. The molecule has 0 aliphatic rings. The van der Waals surface area contributed by atoms with Gasteiger partial charge in [-0.1, -0.05) is 35.9 Å². The maximum Gasteiger partial charge on any atom is 0.310 e. The van der Waals surface area contributed by atoms with Crippen LogP contribution in [0.2, 0.25) is 0 Å². The summed E-state index contributed by atoms with van der Waals surface area (Å²) in [5.74, 6) is -0.278. The molecule has 0 radical (unpaired) electrons. The highest BCUT2D eigenvalue weighted by molar-refractivity contribution is 5.85. The zero-order chi connectivity index (χ0) is 19.5. The number of aryl methyl sites for hydroxylation is 2. The fraction of sp³-hybridized carbons (Fsp3) is 0.350. The Hall–Kier alpha value is -2.89. The first-order valence-corrected chi connectivity index (χ1v) is 8.42. The lowest BCUT2D eigenvalue weighted by molar-refractivity contribution is -0.386. The van der Waals surface area contributed by atoms with E-state index < -0.39 is 10.5 Å². The van der Waals surface area contributed by atoms with E-state index in [1.165, 1.54) is 12.1 Å². The van der Waals surface area contributed by atoms with Gasteiger partial charge in [0.1, 0.15) is 0 Å². The van der Waals surface area contributed by atoms with Gasteiger partial charge in [-0.25, -0.2) is 0 Å². The van der Waals surface area contributed by atoms with Gasteiger partial charge in [-0.2, -0.15) is 0 Å². The minimum absolute atomic E-state index is 0.0665. The molecule has 138 valence electrons. The number of ether oxygens (including phenoxy) is 1. The second-order valence-electron chi connectivity index (χ2n) is 6.89. The first-order valence-electron chi connectivity index (χ1n) is 8.42.